The molecule has 0 radical (unpaired) electrons. The number of furan rings is 1. The maximum absolute atomic E-state index is 13.1. The van der Waals surface area contributed by atoms with Crippen LogP contribution < -0.4 is 5.32 Å². The molecule has 0 aliphatic carbocycles. The number of rotatable bonds is 5. The normalized spacial score (nSPS) is 18.1. The Morgan fingerprint density at radius 2 is 1.82 bits per heavy atom. The van der Waals surface area contributed by atoms with E-state index in [0.29, 0.717) is 11.3 Å². The summed E-state index contributed by atoms with van der Waals surface area (Å²) in [5, 5.41) is 3.02. The van der Waals surface area contributed by atoms with Crippen molar-refractivity contribution in [3.05, 3.63) is 65.8 Å². The zero-order chi connectivity index (χ0) is 23.7. The van der Waals surface area contributed by atoms with Crippen LogP contribution >= 0.6 is 0 Å². The third-order valence-electron chi connectivity index (χ3n) is 6.21. The molecule has 4 heterocycles. The van der Waals surface area contributed by atoms with E-state index in [4.69, 9.17) is 4.42 Å². The minimum atomic E-state index is -0.793. The second-order valence-electron chi connectivity index (χ2n) is 8.46. The number of nitrogens with one attached hydrogen (secondary N) is 1. The zero-order valence-corrected chi connectivity index (χ0v) is 18.5. The van der Waals surface area contributed by atoms with Crippen LogP contribution in [0.15, 0.2) is 58.8 Å². The Labute approximate surface area is 195 Å². The molecule has 2 fully saturated rings. The number of fused-ring (bicyclic) bond motifs is 1. The molecule has 34 heavy (non-hydrogen) atoms. The van der Waals surface area contributed by atoms with Gasteiger partial charge in [0.25, 0.3) is 11.8 Å². The second-order valence-corrected chi connectivity index (χ2v) is 8.46. The molecule has 1 aromatic carbocycles. The van der Waals surface area contributed by atoms with Gasteiger partial charge in [0.05, 0.1) is 12.8 Å². The monoisotopic (exact) mass is 460 g/mol. The van der Waals surface area contributed by atoms with Gasteiger partial charge in [0.1, 0.15) is 17.9 Å². The van der Waals surface area contributed by atoms with Crippen molar-refractivity contribution in [1.82, 2.24) is 19.7 Å². The van der Waals surface area contributed by atoms with Crippen molar-refractivity contribution in [3.63, 3.8) is 0 Å². The lowest BCUT2D eigenvalue weighted by molar-refractivity contribution is -0.133. The van der Waals surface area contributed by atoms with Crippen molar-refractivity contribution in [2.45, 2.75) is 32.4 Å². The van der Waals surface area contributed by atoms with Crippen molar-refractivity contribution in [2.24, 2.45) is 0 Å². The van der Waals surface area contributed by atoms with Gasteiger partial charge in [-0.25, -0.2) is 4.79 Å². The number of amides is 5. The van der Waals surface area contributed by atoms with Gasteiger partial charge in [0.2, 0.25) is 5.91 Å². The molecule has 9 heteroatoms. The largest absolute Gasteiger partial charge is 0.467 e. The van der Waals surface area contributed by atoms with Crippen molar-refractivity contribution < 1.29 is 23.6 Å². The predicted molar refractivity (Wildman–Crippen MR) is 123 cm³/mol. The van der Waals surface area contributed by atoms with Crippen molar-refractivity contribution in [2.75, 3.05) is 13.1 Å². The van der Waals surface area contributed by atoms with Gasteiger partial charge in [0.15, 0.2) is 0 Å². The van der Waals surface area contributed by atoms with Gasteiger partial charge < -0.3 is 13.9 Å². The van der Waals surface area contributed by atoms with Gasteiger partial charge >= 0.3 is 6.03 Å². The Balaban J connectivity index is 1.46. The third kappa shape index (κ3) is 4.12. The van der Waals surface area contributed by atoms with Crippen LogP contribution in [0.3, 0.4) is 0 Å². The molecular formula is C25H24N4O5. The molecule has 2 aliphatic rings. The summed E-state index contributed by atoms with van der Waals surface area (Å²) in [7, 11) is 0. The SMILES string of the molecule is O=C1NC(=O)N(Cc2ccco2)C(=O)/C1=C/c1cn(CC(=O)N2CCCCC2)c2ccccc12. The second kappa shape index (κ2) is 9.01. The molecular weight excluding hydrogens is 436 g/mol. The highest BCUT2D eigenvalue weighted by Gasteiger charge is 2.36. The summed E-state index contributed by atoms with van der Waals surface area (Å²) in [6.07, 6.45) is 7.86. The van der Waals surface area contributed by atoms with Gasteiger partial charge in [-0.3, -0.25) is 24.6 Å². The van der Waals surface area contributed by atoms with Crippen LogP contribution in [0.1, 0.15) is 30.6 Å². The van der Waals surface area contributed by atoms with Gasteiger partial charge in [-0.05, 0) is 43.5 Å². The summed E-state index contributed by atoms with van der Waals surface area (Å²) in [4.78, 5) is 53.6. The molecule has 2 aromatic heterocycles. The van der Waals surface area contributed by atoms with Gasteiger partial charge in [-0.15, -0.1) is 0 Å². The minimum Gasteiger partial charge on any atom is -0.467 e. The first-order valence-electron chi connectivity index (χ1n) is 11.3. The van der Waals surface area contributed by atoms with Crippen LogP contribution in [0.25, 0.3) is 17.0 Å². The summed E-state index contributed by atoms with van der Waals surface area (Å²) < 4.78 is 7.09. The average Bonchev–Trinajstić information content (AvgIpc) is 3.48. The molecule has 174 valence electrons. The quantitative estimate of drug-likeness (QED) is 0.466. The smallest absolute Gasteiger partial charge is 0.331 e. The molecule has 0 saturated carbocycles. The Hall–Kier alpha value is -4.14. The van der Waals surface area contributed by atoms with Crippen molar-refractivity contribution in [1.29, 1.82) is 0 Å². The Morgan fingerprint density at radius 1 is 1.03 bits per heavy atom. The number of barbiturate groups is 1. The van der Waals surface area contributed by atoms with Crippen molar-refractivity contribution >= 4 is 40.7 Å². The lowest BCUT2D eigenvalue weighted by atomic mass is 10.1. The molecule has 0 bridgehead atoms. The number of para-hydroxylation sites is 1. The first-order chi connectivity index (χ1) is 16.5. The zero-order valence-electron chi connectivity index (χ0n) is 18.5. The molecule has 9 nitrogen and oxygen atoms in total. The van der Waals surface area contributed by atoms with Gasteiger partial charge in [-0.2, -0.15) is 0 Å². The molecule has 2 saturated heterocycles. The molecule has 0 unspecified atom stereocenters. The van der Waals surface area contributed by atoms with Gasteiger partial charge in [0, 0.05) is 35.8 Å². The summed E-state index contributed by atoms with van der Waals surface area (Å²) in [6, 6.07) is 10.0. The first kappa shape index (κ1) is 21.7. The van der Waals surface area contributed by atoms with Crippen LogP contribution in [0, 0.1) is 0 Å². The number of carbonyl (C=O) groups excluding carboxylic acids is 4. The van der Waals surface area contributed by atoms with E-state index in [-0.39, 0.29) is 24.6 Å². The van der Waals surface area contributed by atoms with Crippen molar-refractivity contribution in [3.8, 4) is 0 Å². The van der Waals surface area contributed by atoms with E-state index in [0.717, 1.165) is 48.2 Å². The number of benzene rings is 1. The maximum Gasteiger partial charge on any atom is 0.331 e. The minimum absolute atomic E-state index is 0.0429. The summed E-state index contributed by atoms with van der Waals surface area (Å²) in [6.45, 7) is 1.62. The van der Waals surface area contributed by atoms with E-state index >= 15 is 0 Å². The molecule has 5 rings (SSSR count). The Bertz CT molecular complexity index is 1300. The number of likely N-dealkylation sites (tertiary alicyclic amines) is 1. The first-order valence-corrected chi connectivity index (χ1v) is 11.3. The average molecular weight is 460 g/mol. The lowest BCUT2D eigenvalue weighted by Gasteiger charge is -2.27. The number of aromatic nitrogens is 1. The van der Waals surface area contributed by atoms with Crippen LogP contribution in [0.4, 0.5) is 4.79 Å². The van der Waals surface area contributed by atoms with Crippen LogP contribution in [-0.4, -0.2) is 51.2 Å². The van der Waals surface area contributed by atoms with E-state index in [2.05, 4.69) is 5.32 Å². The molecule has 5 amide bonds. The highest BCUT2D eigenvalue weighted by atomic mass is 16.3. The van der Waals surface area contributed by atoms with E-state index < -0.39 is 17.8 Å². The molecule has 3 aromatic rings. The predicted octanol–water partition coefficient (Wildman–Crippen LogP) is 2.91. The highest BCUT2D eigenvalue weighted by molar-refractivity contribution is 6.31. The fourth-order valence-electron chi connectivity index (χ4n) is 4.46. The number of hydrogen-bond acceptors (Lipinski definition) is 5. The standard InChI is InChI=1S/C25H24N4O5/c30-22(27-10-4-1-5-11-27)16-28-14-17(19-8-2-3-9-21(19)28)13-20-23(31)26-25(33)29(24(20)32)15-18-7-6-12-34-18/h2-3,6-9,12-14H,1,4-5,10-11,15-16H2,(H,26,31,33)/b20-13+. The van der Waals surface area contributed by atoms with E-state index in [1.54, 1.807) is 18.3 Å². The van der Waals surface area contributed by atoms with E-state index in [1.807, 2.05) is 33.7 Å². The van der Waals surface area contributed by atoms with Crippen LogP contribution in [-0.2, 0) is 27.5 Å². The Morgan fingerprint density at radius 3 is 2.59 bits per heavy atom. The van der Waals surface area contributed by atoms with E-state index in [1.165, 1.54) is 12.3 Å². The number of carbonyl (C=O) groups is 4. The fourth-order valence-corrected chi connectivity index (χ4v) is 4.46. The maximum atomic E-state index is 13.1. The molecule has 0 spiro atoms. The fraction of sp³-hybridized carbons (Fsp3) is 0.280. The lowest BCUT2D eigenvalue weighted by Crippen LogP contribution is -2.53. The number of nitrogens with zero attached hydrogens (tertiary/aromatic N) is 3. The Kier molecular flexibility index (Phi) is 5.75. The number of imide groups is 2. The molecule has 2 aliphatic heterocycles. The molecule has 0 atom stereocenters. The van der Waals surface area contributed by atoms with Gasteiger partial charge in [-0.1, -0.05) is 18.2 Å². The summed E-state index contributed by atoms with van der Waals surface area (Å²) in [5.41, 5.74) is 1.29. The van der Waals surface area contributed by atoms with Crippen LogP contribution in [0.5, 0.6) is 0 Å². The highest BCUT2D eigenvalue weighted by Crippen LogP contribution is 2.26. The number of piperidine rings is 1. The third-order valence-corrected chi connectivity index (χ3v) is 6.21. The molecule has 1 N–H and O–H groups in total. The van der Waals surface area contributed by atoms with Crippen LogP contribution in [0.2, 0.25) is 0 Å². The topological polar surface area (TPSA) is 105 Å². The number of urea groups is 1. The summed E-state index contributed by atoms with van der Waals surface area (Å²) >= 11 is 0. The van der Waals surface area contributed by atoms with E-state index in [9.17, 15) is 19.2 Å². The number of hydrogen-bond donors (Lipinski definition) is 1. The summed E-state index contributed by atoms with van der Waals surface area (Å²) in [5.74, 6) is -0.996.